The van der Waals surface area contributed by atoms with E-state index in [0.29, 0.717) is 0 Å². The lowest BCUT2D eigenvalue weighted by Gasteiger charge is -2.21. The summed E-state index contributed by atoms with van der Waals surface area (Å²) in [6.45, 7) is 0.825. The molecule has 0 aliphatic rings. The van der Waals surface area contributed by atoms with Crippen LogP contribution in [-0.2, 0) is 4.74 Å². The van der Waals surface area contributed by atoms with E-state index >= 15 is 0 Å². The van der Waals surface area contributed by atoms with Gasteiger partial charge in [0.05, 0.1) is 20.3 Å². The van der Waals surface area contributed by atoms with Gasteiger partial charge in [0.15, 0.2) is 11.5 Å². The molecule has 4 nitrogen and oxygen atoms in total. The van der Waals surface area contributed by atoms with Crippen molar-refractivity contribution in [2.75, 3.05) is 42.0 Å². The van der Waals surface area contributed by atoms with Crippen LogP contribution in [-0.4, -0.2) is 46.9 Å². The second-order valence-corrected chi connectivity index (χ2v) is 4.10. The molecule has 0 amide bonds. The summed E-state index contributed by atoms with van der Waals surface area (Å²) in [5.41, 5.74) is 1.08. The summed E-state index contributed by atoms with van der Waals surface area (Å²) in [6, 6.07) is 5.85. The molecule has 1 atom stereocenters. The molecule has 0 N–H and O–H groups in total. The van der Waals surface area contributed by atoms with Crippen molar-refractivity contribution in [3.8, 4) is 11.5 Å². The fourth-order valence-corrected chi connectivity index (χ4v) is 1.70. The summed E-state index contributed by atoms with van der Waals surface area (Å²) in [5, 5.41) is 0. The molecule has 17 heavy (non-hydrogen) atoms. The number of nitrogens with zero attached hydrogens (tertiary/aromatic N) is 1. The van der Waals surface area contributed by atoms with E-state index in [4.69, 9.17) is 14.2 Å². The third kappa shape index (κ3) is 3.61. The van der Waals surface area contributed by atoms with Crippen LogP contribution in [0.1, 0.15) is 11.7 Å². The van der Waals surface area contributed by atoms with Crippen molar-refractivity contribution in [3.05, 3.63) is 23.8 Å². The van der Waals surface area contributed by atoms with Gasteiger partial charge in [0.2, 0.25) is 0 Å². The van der Waals surface area contributed by atoms with Crippen molar-refractivity contribution < 1.29 is 14.2 Å². The van der Waals surface area contributed by atoms with Gasteiger partial charge in [-0.3, -0.25) is 0 Å². The third-order valence-corrected chi connectivity index (χ3v) is 2.59. The van der Waals surface area contributed by atoms with E-state index in [0.717, 1.165) is 23.6 Å². The Kier molecular flexibility index (Phi) is 5.25. The molecule has 1 aromatic carbocycles. The van der Waals surface area contributed by atoms with Crippen LogP contribution >= 0.6 is 0 Å². The summed E-state index contributed by atoms with van der Waals surface area (Å²) >= 11 is 0. The number of hydrogen-bond donors (Lipinski definition) is 0. The lowest BCUT2D eigenvalue weighted by molar-refractivity contribution is 0.0782. The summed E-state index contributed by atoms with van der Waals surface area (Å²) < 4.78 is 16.0. The molecule has 0 heterocycles. The predicted molar refractivity (Wildman–Crippen MR) is 67.9 cm³/mol. The lowest BCUT2D eigenvalue weighted by Crippen LogP contribution is -2.21. The van der Waals surface area contributed by atoms with Gasteiger partial charge in [-0.1, -0.05) is 6.07 Å². The Morgan fingerprint density at radius 1 is 1.06 bits per heavy atom. The van der Waals surface area contributed by atoms with Gasteiger partial charge < -0.3 is 19.1 Å². The van der Waals surface area contributed by atoms with Crippen LogP contribution in [0.4, 0.5) is 0 Å². The maximum Gasteiger partial charge on any atom is 0.161 e. The van der Waals surface area contributed by atoms with Crippen molar-refractivity contribution in [1.29, 1.82) is 0 Å². The fraction of sp³-hybridized carbons (Fsp3) is 0.538. The second kappa shape index (κ2) is 6.47. The summed E-state index contributed by atoms with van der Waals surface area (Å²) in [6.07, 6.45) is 0.0322. The number of methoxy groups -OCH3 is 3. The molecule has 0 aromatic heterocycles. The molecular weight excluding hydrogens is 218 g/mol. The Balaban J connectivity index is 2.96. The lowest BCUT2D eigenvalue weighted by atomic mass is 10.1. The Hall–Kier alpha value is -1.26. The smallest absolute Gasteiger partial charge is 0.161 e. The zero-order valence-electron chi connectivity index (χ0n) is 11.2. The molecule has 0 fully saturated rings. The van der Waals surface area contributed by atoms with E-state index in [1.807, 2.05) is 32.3 Å². The SMILES string of the molecule is COc1ccc([C@@H](CN(C)C)OC)cc1OC. The molecule has 1 rings (SSSR count). The van der Waals surface area contributed by atoms with Gasteiger partial charge in [-0.15, -0.1) is 0 Å². The van der Waals surface area contributed by atoms with Crippen molar-refractivity contribution in [1.82, 2.24) is 4.90 Å². The van der Waals surface area contributed by atoms with Crippen LogP contribution in [0.3, 0.4) is 0 Å². The number of benzene rings is 1. The average Bonchev–Trinajstić information content (AvgIpc) is 2.34. The van der Waals surface area contributed by atoms with Gasteiger partial charge in [-0.2, -0.15) is 0 Å². The van der Waals surface area contributed by atoms with Crippen LogP contribution in [0.25, 0.3) is 0 Å². The van der Waals surface area contributed by atoms with E-state index in [1.165, 1.54) is 0 Å². The van der Waals surface area contributed by atoms with Crippen LogP contribution in [0.2, 0.25) is 0 Å². The van der Waals surface area contributed by atoms with E-state index in [9.17, 15) is 0 Å². The number of rotatable bonds is 6. The van der Waals surface area contributed by atoms with Crippen molar-refractivity contribution in [2.24, 2.45) is 0 Å². The zero-order chi connectivity index (χ0) is 12.8. The van der Waals surface area contributed by atoms with Crippen molar-refractivity contribution >= 4 is 0 Å². The van der Waals surface area contributed by atoms with E-state index in [-0.39, 0.29) is 6.10 Å². The molecule has 0 aliphatic carbocycles. The minimum absolute atomic E-state index is 0.0322. The molecule has 96 valence electrons. The van der Waals surface area contributed by atoms with Gasteiger partial charge in [-0.05, 0) is 31.8 Å². The van der Waals surface area contributed by atoms with E-state index in [2.05, 4.69) is 4.90 Å². The van der Waals surface area contributed by atoms with Crippen molar-refractivity contribution in [3.63, 3.8) is 0 Å². The maximum atomic E-state index is 5.48. The molecule has 0 bridgehead atoms. The van der Waals surface area contributed by atoms with Crippen molar-refractivity contribution in [2.45, 2.75) is 6.10 Å². The molecule has 0 saturated heterocycles. The quantitative estimate of drug-likeness (QED) is 0.759. The van der Waals surface area contributed by atoms with Gasteiger partial charge >= 0.3 is 0 Å². The Labute approximate surface area is 103 Å². The van der Waals surface area contributed by atoms with Gasteiger partial charge in [-0.25, -0.2) is 0 Å². The monoisotopic (exact) mass is 239 g/mol. The first-order valence-corrected chi connectivity index (χ1v) is 5.51. The second-order valence-electron chi connectivity index (χ2n) is 4.10. The topological polar surface area (TPSA) is 30.9 Å². The average molecular weight is 239 g/mol. The molecule has 1 aromatic rings. The maximum absolute atomic E-state index is 5.48. The molecule has 0 spiro atoms. The summed E-state index contributed by atoms with van der Waals surface area (Å²) in [4.78, 5) is 2.09. The number of hydrogen-bond acceptors (Lipinski definition) is 4. The van der Waals surface area contributed by atoms with Crippen LogP contribution in [0, 0.1) is 0 Å². The fourth-order valence-electron chi connectivity index (χ4n) is 1.70. The number of likely N-dealkylation sites (N-methyl/N-ethyl adjacent to an activating group) is 1. The van der Waals surface area contributed by atoms with Crippen LogP contribution in [0.5, 0.6) is 11.5 Å². The molecule has 4 heteroatoms. The minimum atomic E-state index is 0.0322. The summed E-state index contributed by atoms with van der Waals surface area (Å²) in [7, 11) is 9.02. The Morgan fingerprint density at radius 2 is 1.71 bits per heavy atom. The van der Waals surface area contributed by atoms with Gasteiger partial charge in [0, 0.05) is 13.7 Å². The van der Waals surface area contributed by atoms with E-state index in [1.54, 1.807) is 21.3 Å². The molecule has 0 aliphatic heterocycles. The highest BCUT2D eigenvalue weighted by Crippen LogP contribution is 2.30. The van der Waals surface area contributed by atoms with Crippen LogP contribution < -0.4 is 9.47 Å². The first-order valence-electron chi connectivity index (χ1n) is 5.51. The largest absolute Gasteiger partial charge is 0.493 e. The standard InChI is InChI=1S/C13H21NO3/c1-14(2)9-13(17-5)10-6-7-11(15-3)12(8-10)16-4/h6-8,13H,9H2,1-5H3/t13-/m1/s1. The highest BCUT2D eigenvalue weighted by molar-refractivity contribution is 5.43. The highest BCUT2D eigenvalue weighted by Gasteiger charge is 2.14. The zero-order valence-corrected chi connectivity index (χ0v) is 11.2. The third-order valence-electron chi connectivity index (χ3n) is 2.59. The molecular formula is C13H21NO3. The molecule has 0 saturated carbocycles. The Bertz CT molecular complexity index is 353. The summed E-state index contributed by atoms with van der Waals surface area (Å²) in [5.74, 6) is 1.46. The normalized spacial score (nSPS) is 12.6. The van der Waals surface area contributed by atoms with Crippen LogP contribution in [0.15, 0.2) is 18.2 Å². The first-order chi connectivity index (χ1) is 8.12. The highest BCUT2D eigenvalue weighted by atomic mass is 16.5. The number of ether oxygens (including phenoxy) is 3. The molecule has 0 radical (unpaired) electrons. The molecule has 0 unspecified atom stereocenters. The van der Waals surface area contributed by atoms with Gasteiger partial charge in [0.1, 0.15) is 0 Å². The predicted octanol–water partition coefficient (Wildman–Crippen LogP) is 1.95. The minimum Gasteiger partial charge on any atom is -0.493 e. The van der Waals surface area contributed by atoms with Gasteiger partial charge in [0.25, 0.3) is 0 Å². The first kappa shape index (κ1) is 13.8. The Morgan fingerprint density at radius 3 is 2.18 bits per heavy atom. The van der Waals surface area contributed by atoms with E-state index < -0.39 is 0 Å².